The number of allylic oxidation sites excluding steroid dienone is 1. The lowest BCUT2D eigenvalue weighted by molar-refractivity contribution is -0.0641. The third kappa shape index (κ3) is 5.35. The van der Waals surface area contributed by atoms with Gasteiger partial charge in [0.15, 0.2) is 0 Å². The van der Waals surface area contributed by atoms with E-state index in [1.807, 2.05) is 0 Å². The van der Waals surface area contributed by atoms with Gasteiger partial charge < -0.3 is 4.74 Å². The number of rotatable bonds is 11. The Labute approximate surface area is 213 Å². The Morgan fingerprint density at radius 1 is 0.912 bits per heavy atom. The second kappa shape index (κ2) is 11.4. The summed E-state index contributed by atoms with van der Waals surface area (Å²) in [6.45, 7) is 16.0. The smallest absolute Gasteiger partial charge is 0.0612 e. The van der Waals surface area contributed by atoms with Gasteiger partial charge in [0.25, 0.3) is 0 Å². The highest BCUT2D eigenvalue weighted by molar-refractivity contribution is 5.25. The molecule has 4 aliphatic carbocycles. The van der Waals surface area contributed by atoms with Crippen LogP contribution in [-0.2, 0) is 4.74 Å². The molecule has 0 spiro atoms. The minimum Gasteiger partial charge on any atom is -0.378 e. The Morgan fingerprint density at radius 3 is 2.50 bits per heavy atom. The lowest BCUT2D eigenvalue weighted by Crippen LogP contribution is -2.51. The molecule has 5 unspecified atom stereocenters. The van der Waals surface area contributed by atoms with Gasteiger partial charge in [-0.3, -0.25) is 0 Å². The molecule has 0 N–H and O–H groups in total. The minimum atomic E-state index is 0.466. The first-order valence-corrected chi connectivity index (χ1v) is 15.6. The molecule has 3 fully saturated rings. The fourth-order valence-corrected chi connectivity index (χ4v) is 9.57. The third-order valence-corrected chi connectivity index (χ3v) is 11.6. The van der Waals surface area contributed by atoms with Crippen molar-refractivity contribution in [1.82, 2.24) is 0 Å². The van der Waals surface area contributed by atoms with E-state index < -0.39 is 0 Å². The van der Waals surface area contributed by atoms with Gasteiger partial charge in [0.2, 0.25) is 0 Å². The van der Waals surface area contributed by atoms with E-state index >= 15 is 0 Å². The second-order valence-corrected chi connectivity index (χ2v) is 14.1. The maximum atomic E-state index is 6.39. The Balaban J connectivity index is 1.37. The van der Waals surface area contributed by atoms with Gasteiger partial charge in [0.05, 0.1) is 6.10 Å². The number of fused-ring (bicyclic) bond motifs is 5. The number of hydrogen-bond donors (Lipinski definition) is 0. The van der Waals surface area contributed by atoms with E-state index in [-0.39, 0.29) is 0 Å². The van der Waals surface area contributed by atoms with E-state index in [1.54, 1.807) is 5.57 Å². The molecule has 34 heavy (non-hydrogen) atoms. The Hall–Kier alpha value is -0.300. The average molecular weight is 471 g/mol. The molecule has 1 nitrogen and oxygen atoms in total. The summed E-state index contributed by atoms with van der Waals surface area (Å²) in [5.74, 6) is 5.62. The van der Waals surface area contributed by atoms with Gasteiger partial charge in [0.1, 0.15) is 0 Å². The molecule has 3 saturated carbocycles. The zero-order valence-electron chi connectivity index (χ0n) is 23.8. The average Bonchev–Trinajstić information content (AvgIpc) is 3.16. The summed E-state index contributed by atoms with van der Waals surface area (Å²) in [6, 6.07) is 0. The highest BCUT2D eigenvalue weighted by atomic mass is 16.5. The molecule has 0 aromatic carbocycles. The summed E-state index contributed by atoms with van der Waals surface area (Å²) in [7, 11) is 0. The van der Waals surface area contributed by atoms with Crippen LogP contribution in [0.25, 0.3) is 0 Å². The van der Waals surface area contributed by atoms with Crippen molar-refractivity contribution in [2.75, 3.05) is 6.61 Å². The number of hydrogen-bond acceptors (Lipinski definition) is 1. The third-order valence-electron chi connectivity index (χ3n) is 11.6. The molecule has 0 bridgehead atoms. The van der Waals surface area contributed by atoms with Crippen LogP contribution in [0.5, 0.6) is 0 Å². The van der Waals surface area contributed by atoms with Crippen molar-refractivity contribution in [2.24, 2.45) is 46.3 Å². The zero-order valence-corrected chi connectivity index (χ0v) is 23.8. The number of ether oxygens (including phenoxy) is 1. The molecule has 196 valence electrons. The van der Waals surface area contributed by atoms with Crippen LogP contribution in [0.3, 0.4) is 0 Å². The fraction of sp³-hybridized carbons (Fsp3) is 0.939. The quantitative estimate of drug-likeness (QED) is 0.215. The molecule has 0 saturated heterocycles. The molecule has 4 rings (SSSR count). The van der Waals surface area contributed by atoms with E-state index in [0.29, 0.717) is 16.9 Å². The van der Waals surface area contributed by atoms with E-state index in [1.165, 1.54) is 96.3 Å². The molecule has 8 atom stereocenters. The van der Waals surface area contributed by atoms with E-state index in [9.17, 15) is 0 Å². The van der Waals surface area contributed by atoms with Crippen molar-refractivity contribution >= 4 is 0 Å². The summed E-state index contributed by atoms with van der Waals surface area (Å²) in [5.41, 5.74) is 2.87. The lowest BCUT2D eigenvalue weighted by atomic mass is 9.47. The largest absolute Gasteiger partial charge is 0.378 e. The van der Waals surface area contributed by atoms with Crippen molar-refractivity contribution in [3.05, 3.63) is 11.6 Å². The first kappa shape index (κ1) is 26.8. The molecule has 4 aliphatic rings. The molecule has 1 heteroatoms. The SMILES string of the molecule is CCCCCCO[C@H]1CC[C@@]2(C)C(=CCC3C4CCC(C(C)CCCC(C)C)[C@@]4(C)CCC32)C1. The second-order valence-electron chi connectivity index (χ2n) is 14.1. The van der Waals surface area contributed by atoms with Gasteiger partial charge in [-0.1, -0.05) is 91.7 Å². The predicted molar refractivity (Wildman–Crippen MR) is 147 cm³/mol. The first-order chi connectivity index (χ1) is 16.3. The maximum absolute atomic E-state index is 6.39. The van der Waals surface area contributed by atoms with Gasteiger partial charge in [-0.25, -0.2) is 0 Å². The van der Waals surface area contributed by atoms with Crippen LogP contribution in [0.4, 0.5) is 0 Å². The van der Waals surface area contributed by atoms with Crippen LogP contribution >= 0.6 is 0 Å². The highest BCUT2D eigenvalue weighted by Crippen LogP contribution is 2.67. The molecule has 0 aromatic heterocycles. The van der Waals surface area contributed by atoms with Crippen molar-refractivity contribution in [2.45, 2.75) is 144 Å². The summed E-state index contributed by atoms with van der Waals surface area (Å²) >= 11 is 0. The molecule has 0 amide bonds. The summed E-state index contributed by atoms with van der Waals surface area (Å²) in [4.78, 5) is 0. The minimum absolute atomic E-state index is 0.466. The summed E-state index contributed by atoms with van der Waals surface area (Å²) in [6.07, 6.45) is 24.1. The number of unbranched alkanes of at least 4 members (excludes halogenated alkanes) is 3. The lowest BCUT2D eigenvalue weighted by Gasteiger charge is -2.58. The highest BCUT2D eigenvalue weighted by Gasteiger charge is 2.59. The Bertz CT molecular complexity index is 678. The molecule has 0 aliphatic heterocycles. The normalized spacial score (nSPS) is 40.4. The van der Waals surface area contributed by atoms with Crippen LogP contribution in [0.15, 0.2) is 11.6 Å². The van der Waals surface area contributed by atoms with Crippen LogP contribution in [0.1, 0.15) is 138 Å². The Morgan fingerprint density at radius 2 is 1.74 bits per heavy atom. The van der Waals surface area contributed by atoms with Crippen LogP contribution < -0.4 is 0 Å². The van der Waals surface area contributed by atoms with Crippen LogP contribution in [0.2, 0.25) is 0 Å². The van der Waals surface area contributed by atoms with Crippen molar-refractivity contribution in [3.8, 4) is 0 Å². The molecule has 0 radical (unpaired) electrons. The fourth-order valence-electron chi connectivity index (χ4n) is 9.57. The standard InChI is InChI=1S/C33H58O/c1-7-8-9-10-22-34-27-18-20-32(5)26(23-27)14-15-28-30-17-16-29(25(4)13-11-12-24(2)3)33(30,6)21-19-31(28)32/h14,24-25,27-31H,7-13,15-23H2,1-6H3/t25?,27-,28?,29?,30?,31?,32-,33+/m0/s1. The van der Waals surface area contributed by atoms with E-state index in [0.717, 1.165) is 42.1 Å². The molecule has 0 heterocycles. The van der Waals surface area contributed by atoms with Gasteiger partial charge in [0, 0.05) is 6.61 Å². The van der Waals surface area contributed by atoms with Crippen LogP contribution in [-0.4, -0.2) is 12.7 Å². The van der Waals surface area contributed by atoms with E-state index in [4.69, 9.17) is 4.74 Å². The maximum Gasteiger partial charge on any atom is 0.0612 e. The van der Waals surface area contributed by atoms with E-state index in [2.05, 4.69) is 47.6 Å². The van der Waals surface area contributed by atoms with Crippen molar-refractivity contribution in [1.29, 1.82) is 0 Å². The van der Waals surface area contributed by atoms with Crippen molar-refractivity contribution in [3.63, 3.8) is 0 Å². The van der Waals surface area contributed by atoms with Gasteiger partial charge in [-0.05, 0) is 104 Å². The van der Waals surface area contributed by atoms with Gasteiger partial charge in [-0.15, -0.1) is 0 Å². The molecule has 0 aromatic rings. The molecular weight excluding hydrogens is 412 g/mol. The van der Waals surface area contributed by atoms with Gasteiger partial charge in [-0.2, -0.15) is 0 Å². The predicted octanol–water partition coefficient (Wildman–Crippen LogP) is 9.99. The summed E-state index contributed by atoms with van der Waals surface area (Å²) < 4.78 is 6.39. The van der Waals surface area contributed by atoms with Gasteiger partial charge >= 0.3 is 0 Å². The first-order valence-electron chi connectivity index (χ1n) is 15.6. The van der Waals surface area contributed by atoms with Crippen LogP contribution in [0, 0.1) is 46.3 Å². The van der Waals surface area contributed by atoms with Crippen molar-refractivity contribution < 1.29 is 4.74 Å². The monoisotopic (exact) mass is 470 g/mol. The Kier molecular flexibility index (Phi) is 8.97. The zero-order chi connectivity index (χ0) is 24.3. The molecular formula is C33H58O. The topological polar surface area (TPSA) is 9.23 Å². The summed E-state index contributed by atoms with van der Waals surface area (Å²) in [5, 5.41) is 0.